The van der Waals surface area contributed by atoms with Crippen LogP contribution in [0.1, 0.15) is 27.2 Å². The molecule has 0 bridgehead atoms. The van der Waals surface area contributed by atoms with Gasteiger partial charge in [0.2, 0.25) is 5.91 Å². The number of aliphatic hydroxyl groups excluding tert-OH is 1. The van der Waals surface area contributed by atoms with Crippen molar-refractivity contribution < 1.29 is 19.8 Å². The van der Waals surface area contributed by atoms with Crippen LogP contribution in [0.5, 0.6) is 0 Å². The summed E-state index contributed by atoms with van der Waals surface area (Å²) in [6, 6.07) is 0.222. The van der Waals surface area contributed by atoms with Crippen LogP contribution in [-0.2, 0) is 9.59 Å². The van der Waals surface area contributed by atoms with Crippen LogP contribution in [0.3, 0.4) is 0 Å². The summed E-state index contributed by atoms with van der Waals surface area (Å²) < 4.78 is 0. The minimum atomic E-state index is -1.05. The van der Waals surface area contributed by atoms with Gasteiger partial charge in [0.05, 0.1) is 18.1 Å². The first-order valence-corrected chi connectivity index (χ1v) is 8.59. The van der Waals surface area contributed by atoms with Gasteiger partial charge in [0.25, 0.3) is 0 Å². The zero-order chi connectivity index (χ0) is 16.2. The van der Waals surface area contributed by atoms with Gasteiger partial charge in [-0.25, -0.2) is 4.79 Å². The molecule has 3 heterocycles. The van der Waals surface area contributed by atoms with Gasteiger partial charge in [-0.1, -0.05) is 6.92 Å². The first-order valence-electron chi connectivity index (χ1n) is 7.71. The lowest BCUT2D eigenvalue weighted by molar-refractivity contribution is -0.163. The third-order valence-corrected chi connectivity index (χ3v) is 6.43. The van der Waals surface area contributed by atoms with Crippen molar-refractivity contribution in [3.8, 4) is 0 Å². The second-order valence-electron chi connectivity index (χ2n) is 6.56. The number of carbonyl (C=O) groups excluding carboxylic acids is 1. The van der Waals surface area contributed by atoms with Gasteiger partial charge < -0.3 is 20.4 Å². The minimum Gasteiger partial charge on any atom is -0.477 e. The number of nitrogens with zero attached hydrogens (tertiary/aromatic N) is 1. The molecule has 0 aliphatic carbocycles. The zero-order valence-corrected chi connectivity index (χ0v) is 13.8. The number of hydrogen-bond donors (Lipinski definition) is 3. The third kappa shape index (κ3) is 2.26. The molecule has 0 spiro atoms. The molecule has 6 atom stereocenters. The second kappa shape index (κ2) is 5.54. The van der Waals surface area contributed by atoms with E-state index in [4.69, 9.17) is 0 Å². The molecular weight excluding hydrogens is 304 g/mol. The molecule has 3 aliphatic rings. The summed E-state index contributed by atoms with van der Waals surface area (Å²) in [5.74, 6) is -1.83. The van der Waals surface area contributed by atoms with Crippen molar-refractivity contribution in [2.75, 3.05) is 6.54 Å². The normalized spacial score (nSPS) is 39.0. The quantitative estimate of drug-likeness (QED) is 0.656. The Morgan fingerprint density at radius 2 is 2.14 bits per heavy atom. The number of fused-ring (bicyclic) bond motifs is 1. The SMILES string of the molecule is CC1CC(SC2=C(C(=O)O)N3C(=O)C(C(C)O)C3C2C)CN1. The highest BCUT2D eigenvalue weighted by Gasteiger charge is 2.60. The summed E-state index contributed by atoms with van der Waals surface area (Å²) in [7, 11) is 0. The first-order chi connectivity index (χ1) is 10.3. The minimum absolute atomic E-state index is 0.0377. The van der Waals surface area contributed by atoms with Gasteiger partial charge in [-0.3, -0.25) is 4.79 Å². The number of aliphatic hydroxyl groups is 1. The molecule has 3 N–H and O–H groups in total. The molecule has 2 saturated heterocycles. The maximum Gasteiger partial charge on any atom is 0.353 e. The molecule has 6 unspecified atom stereocenters. The standard InChI is InChI=1S/C15H22N2O4S/c1-6-4-9(5-16-6)22-13-7(2)11-10(8(3)18)14(19)17(11)12(13)15(20)21/h6-11,16,18H,4-5H2,1-3H3,(H,20,21). The van der Waals surface area contributed by atoms with E-state index >= 15 is 0 Å². The predicted octanol–water partition coefficient (Wildman–Crippen LogP) is 0.624. The first kappa shape index (κ1) is 15.8. The fourth-order valence-corrected chi connectivity index (χ4v) is 5.42. The van der Waals surface area contributed by atoms with Crippen LogP contribution in [-0.4, -0.2) is 57.0 Å². The molecule has 0 aromatic rings. The van der Waals surface area contributed by atoms with Crippen molar-refractivity contribution in [1.82, 2.24) is 10.2 Å². The van der Waals surface area contributed by atoms with Crippen molar-refractivity contribution in [3.63, 3.8) is 0 Å². The van der Waals surface area contributed by atoms with Gasteiger partial charge in [0.1, 0.15) is 5.70 Å². The number of carboxylic acids is 1. The summed E-state index contributed by atoms with van der Waals surface area (Å²) in [4.78, 5) is 26.1. The Morgan fingerprint density at radius 3 is 2.64 bits per heavy atom. The molecule has 6 nitrogen and oxygen atoms in total. The van der Waals surface area contributed by atoms with E-state index in [2.05, 4.69) is 12.2 Å². The average Bonchev–Trinajstić information content (AvgIpc) is 2.92. The molecule has 122 valence electrons. The summed E-state index contributed by atoms with van der Waals surface area (Å²) in [6.07, 6.45) is 0.246. The second-order valence-corrected chi connectivity index (χ2v) is 7.90. The number of rotatable bonds is 4. The maximum atomic E-state index is 12.2. The van der Waals surface area contributed by atoms with E-state index in [1.165, 1.54) is 4.90 Å². The Kier molecular flexibility index (Phi) is 3.99. The summed E-state index contributed by atoms with van der Waals surface area (Å²) in [5.41, 5.74) is 0.129. The van der Waals surface area contributed by atoms with Crippen LogP contribution < -0.4 is 5.32 Å². The lowest BCUT2D eigenvalue weighted by Crippen LogP contribution is -2.63. The van der Waals surface area contributed by atoms with Gasteiger partial charge in [-0.05, 0) is 20.3 Å². The fourth-order valence-electron chi connectivity index (χ4n) is 3.84. The molecule has 7 heteroatoms. The lowest BCUT2D eigenvalue weighted by Gasteiger charge is -2.46. The van der Waals surface area contributed by atoms with E-state index in [9.17, 15) is 19.8 Å². The van der Waals surface area contributed by atoms with E-state index in [-0.39, 0.29) is 23.6 Å². The van der Waals surface area contributed by atoms with Crippen molar-refractivity contribution in [1.29, 1.82) is 0 Å². The molecule has 0 aromatic heterocycles. The summed E-state index contributed by atoms with van der Waals surface area (Å²) in [6.45, 7) is 6.53. The Balaban J connectivity index is 1.87. The van der Waals surface area contributed by atoms with E-state index in [0.29, 0.717) is 11.3 Å². The molecule has 3 rings (SSSR count). The molecular formula is C15H22N2O4S. The fraction of sp³-hybridized carbons (Fsp3) is 0.733. The van der Waals surface area contributed by atoms with Gasteiger partial charge in [-0.2, -0.15) is 0 Å². The molecule has 0 saturated carbocycles. The highest BCUT2D eigenvalue weighted by molar-refractivity contribution is 8.03. The Labute approximate surface area is 133 Å². The summed E-state index contributed by atoms with van der Waals surface area (Å²) in [5, 5.41) is 23.1. The van der Waals surface area contributed by atoms with Gasteiger partial charge in [-0.15, -0.1) is 11.8 Å². The lowest BCUT2D eigenvalue weighted by atomic mass is 9.79. The monoisotopic (exact) mass is 326 g/mol. The van der Waals surface area contributed by atoms with E-state index < -0.39 is 18.0 Å². The number of thioether (sulfide) groups is 1. The van der Waals surface area contributed by atoms with Crippen molar-refractivity contribution in [2.45, 2.75) is 50.6 Å². The van der Waals surface area contributed by atoms with Crippen LogP contribution in [0, 0.1) is 11.8 Å². The van der Waals surface area contributed by atoms with E-state index in [1.54, 1.807) is 18.7 Å². The molecule has 1 amide bonds. The van der Waals surface area contributed by atoms with Crippen molar-refractivity contribution in [2.24, 2.45) is 11.8 Å². The maximum absolute atomic E-state index is 12.2. The summed E-state index contributed by atoms with van der Waals surface area (Å²) >= 11 is 1.59. The Bertz CT molecular complexity index is 548. The number of carboxylic acid groups (broad SMARTS) is 1. The van der Waals surface area contributed by atoms with Gasteiger partial charge in [0.15, 0.2) is 0 Å². The van der Waals surface area contributed by atoms with Gasteiger partial charge in [0, 0.05) is 28.7 Å². The number of carbonyl (C=O) groups is 2. The molecule has 22 heavy (non-hydrogen) atoms. The predicted molar refractivity (Wildman–Crippen MR) is 83.1 cm³/mol. The smallest absolute Gasteiger partial charge is 0.353 e. The van der Waals surface area contributed by atoms with E-state index in [0.717, 1.165) is 17.9 Å². The Morgan fingerprint density at radius 1 is 1.45 bits per heavy atom. The largest absolute Gasteiger partial charge is 0.477 e. The highest BCUT2D eigenvalue weighted by atomic mass is 32.2. The van der Waals surface area contributed by atoms with Crippen LogP contribution in [0.25, 0.3) is 0 Å². The van der Waals surface area contributed by atoms with Crippen molar-refractivity contribution in [3.05, 3.63) is 10.6 Å². The molecule has 0 aromatic carbocycles. The third-order valence-electron chi connectivity index (χ3n) is 4.92. The van der Waals surface area contributed by atoms with Crippen molar-refractivity contribution >= 4 is 23.6 Å². The highest BCUT2D eigenvalue weighted by Crippen LogP contribution is 2.51. The van der Waals surface area contributed by atoms with Crippen LogP contribution in [0.4, 0.5) is 0 Å². The van der Waals surface area contributed by atoms with Crippen LogP contribution >= 0.6 is 11.8 Å². The van der Waals surface area contributed by atoms with Crippen LogP contribution in [0.2, 0.25) is 0 Å². The number of aliphatic carboxylic acids is 1. The van der Waals surface area contributed by atoms with E-state index in [1.807, 2.05) is 6.92 Å². The molecule has 0 radical (unpaired) electrons. The van der Waals surface area contributed by atoms with Gasteiger partial charge >= 0.3 is 5.97 Å². The molecule has 3 aliphatic heterocycles. The average molecular weight is 326 g/mol. The zero-order valence-electron chi connectivity index (χ0n) is 12.9. The number of β-lactam (4-membered cyclic amide) rings is 1. The molecule has 2 fully saturated rings. The number of hydrogen-bond acceptors (Lipinski definition) is 5. The Hall–Kier alpha value is -1.05. The number of amides is 1. The number of nitrogens with one attached hydrogen (secondary N) is 1. The van der Waals surface area contributed by atoms with Crippen LogP contribution in [0.15, 0.2) is 10.6 Å². The topological polar surface area (TPSA) is 89.9 Å².